The first-order valence-corrected chi connectivity index (χ1v) is 5.82. The molecule has 0 unspecified atom stereocenters. The molecule has 0 spiro atoms. The van der Waals surface area contributed by atoms with Crippen LogP contribution in [-0.2, 0) is 0 Å². The van der Waals surface area contributed by atoms with Crippen LogP contribution in [0.15, 0.2) is 6.07 Å². The normalized spacial score (nSPS) is 13.2. The Morgan fingerprint density at radius 2 is 2.11 bits per heavy atom. The molecule has 1 aliphatic heterocycles. The smallest absolute Gasteiger partial charge is 0.180 e. The number of likely N-dealkylation sites (N-methyl/N-ethyl adjacent to an activating group) is 1. The summed E-state index contributed by atoms with van der Waals surface area (Å²) < 4.78 is 10.8. The summed E-state index contributed by atoms with van der Waals surface area (Å²) in [7, 11) is 1.67. The third kappa shape index (κ3) is 2.19. The maximum absolute atomic E-state index is 11.9. The van der Waals surface area contributed by atoms with Crippen LogP contribution in [0.25, 0.3) is 0 Å². The molecule has 1 aromatic carbocycles. The van der Waals surface area contributed by atoms with E-state index >= 15 is 0 Å². The van der Waals surface area contributed by atoms with E-state index < -0.39 is 0 Å². The number of fused-ring (bicyclic) bond motifs is 1. The zero-order valence-corrected chi connectivity index (χ0v) is 10.5. The number of nitrogens with one attached hydrogen (secondary N) is 1. The van der Waals surface area contributed by atoms with Gasteiger partial charge < -0.3 is 14.8 Å². The Hall–Kier alpha value is -1.59. The number of Topliss-reactive ketones (excluding diaryl/α,β-unsaturated/α-hetero) is 1. The molecule has 96 valence electrons. The quantitative estimate of drug-likeness (QED) is 0.660. The Bertz CT molecular complexity index is 501. The Labute approximate surface area is 109 Å². The summed E-state index contributed by atoms with van der Waals surface area (Å²) in [5.74, 6) is 0.384. The molecule has 0 amide bonds. The average Bonchev–Trinajstić information content (AvgIpc) is 2.38. The van der Waals surface area contributed by atoms with Crippen molar-refractivity contribution >= 4 is 23.7 Å². The standard InChI is InChI=1S/C12H12ClNO4/c1-14-5-10(16)7-4-9(13)8(6-15)12-11(7)17-2-3-18-12/h4,6,14H,2-3,5H2,1H3. The minimum Gasteiger partial charge on any atom is -0.485 e. The lowest BCUT2D eigenvalue weighted by Gasteiger charge is -2.22. The number of hydrogen-bond donors (Lipinski definition) is 1. The first kappa shape index (κ1) is 12.9. The minimum absolute atomic E-state index is 0.159. The molecule has 1 aromatic rings. The number of aldehydes is 1. The first-order chi connectivity index (χ1) is 8.69. The Morgan fingerprint density at radius 3 is 2.72 bits per heavy atom. The average molecular weight is 270 g/mol. The number of benzene rings is 1. The van der Waals surface area contributed by atoms with Crippen molar-refractivity contribution in [3.8, 4) is 11.5 Å². The van der Waals surface area contributed by atoms with Gasteiger partial charge in [-0.1, -0.05) is 11.6 Å². The van der Waals surface area contributed by atoms with Crippen LogP contribution < -0.4 is 14.8 Å². The molecule has 0 fully saturated rings. The van der Waals surface area contributed by atoms with Gasteiger partial charge in [0, 0.05) is 0 Å². The number of carbonyl (C=O) groups excluding carboxylic acids is 2. The van der Waals surface area contributed by atoms with Crippen LogP contribution in [0.2, 0.25) is 5.02 Å². The second-order valence-corrected chi connectivity index (χ2v) is 4.15. The topological polar surface area (TPSA) is 64.6 Å². The minimum atomic E-state index is -0.168. The zero-order valence-electron chi connectivity index (χ0n) is 9.79. The van der Waals surface area contributed by atoms with Crippen molar-refractivity contribution in [1.29, 1.82) is 0 Å². The van der Waals surface area contributed by atoms with Gasteiger partial charge in [0.1, 0.15) is 13.2 Å². The fourth-order valence-corrected chi connectivity index (χ4v) is 2.01. The van der Waals surface area contributed by atoms with E-state index in [2.05, 4.69) is 5.32 Å². The molecule has 0 bridgehead atoms. The van der Waals surface area contributed by atoms with Crippen LogP contribution in [0.3, 0.4) is 0 Å². The maximum Gasteiger partial charge on any atom is 0.180 e. The number of ketones is 1. The molecule has 18 heavy (non-hydrogen) atoms. The molecule has 0 aliphatic carbocycles. The molecule has 5 nitrogen and oxygen atoms in total. The van der Waals surface area contributed by atoms with E-state index in [1.807, 2.05) is 0 Å². The lowest BCUT2D eigenvalue weighted by Crippen LogP contribution is -2.23. The summed E-state index contributed by atoms with van der Waals surface area (Å²) in [6, 6.07) is 1.44. The highest BCUT2D eigenvalue weighted by molar-refractivity contribution is 6.34. The highest BCUT2D eigenvalue weighted by Gasteiger charge is 2.25. The molecule has 0 aromatic heterocycles. The van der Waals surface area contributed by atoms with Crippen molar-refractivity contribution in [3.63, 3.8) is 0 Å². The van der Waals surface area contributed by atoms with E-state index in [1.165, 1.54) is 6.07 Å². The molecule has 1 heterocycles. The van der Waals surface area contributed by atoms with Gasteiger partial charge in [0.25, 0.3) is 0 Å². The number of hydrogen-bond acceptors (Lipinski definition) is 5. The van der Waals surface area contributed by atoms with Crippen LogP contribution >= 0.6 is 11.6 Å². The lowest BCUT2D eigenvalue weighted by atomic mass is 10.0. The highest BCUT2D eigenvalue weighted by Crippen LogP contribution is 2.40. The van der Waals surface area contributed by atoms with E-state index in [4.69, 9.17) is 21.1 Å². The zero-order chi connectivity index (χ0) is 13.1. The third-order valence-corrected chi connectivity index (χ3v) is 2.87. The van der Waals surface area contributed by atoms with E-state index in [0.717, 1.165) is 0 Å². The highest BCUT2D eigenvalue weighted by atomic mass is 35.5. The van der Waals surface area contributed by atoms with Crippen molar-refractivity contribution in [3.05, 3.63) is 22.2 Å². The molecule has 1 N–H and O–H groups in total. The van der Waals surface area contributed by atoms with Gasteiger partial charge in [-0.2, -0.15) is 0 Å². The second-order valence-electron chi connectivity index (χ2n) is 3.75. The molecule has 0 saturated heterocycles. The predicted octanol–water partition coefficient (Wildman–Crippen LogP) is 1.33. The van der Waals surface area contributed by atoms with Crippen LogP contribution in [-0.4, -0.2) is 38.9 Å². The molecule has 1 aliphatic rings. The largest absolute Gasteiger partial charge is 0.485 e. The summed E-state index contributed by atoms with van der Waals surface area (Å²) >= 11 is 5.97. The van der Waals surface area contributed by atoms with E-state index in [1.54, 1.807) is 7.05 Å². The van der Waals surface area contributed by atoms with Gasteiger partial charge in [-0.15, -0.1) is 0 Å². The fraction of sp³-hybridized carbons (Fsp3) is 0.333. The first-order valence-electron chi connectivity index (χ1n) is 5.44. The van der Waals surface area contributed by atoms with Gasteiger partial charge in [-0.05, 0) is 13.1 Å². The predicted molar refractivity (Wildman–Crippen MR) is 66.1 cm³/mol. The van der Waals surface area contributed by atoms with Crippen molar-refractivity contribution in [2.45, 2.75) is 0 Å². The summed E-state index contributed by atoms with van der Waals surface area (Å²) in [5, 5.41) is 2.95. The molecular weight excluding hydrogens is 258 g/mol. The molecule has 2 rings (SSSR count). The van der Waals surface area contributed by atoms with Crippen molar-refractivity contribution in [2.24, 2.45) is 0 Å². The summed E-state index contributed by atoms with van der Waals surface area (Å²) in [6.07, 6.45) is 0.599. The number of carbonyl (C=O) groups is 2. The molecule has 0 saturated carbocycles. The van der Waals surface area contributed by atoms with E-state index in [0.29, 0.717) is 30.8 Å². The van der Waals surface area contributed by atoms with Crippen molar-refractivity contribution in [2.75, 3.05) is 26.8 Å². The van der Waals surface area contributed by atoms with Crippen LogP contribution in [0, 0.1) is 0 Å². The SMILES string of the molecule is CNCC(=O)c1cc(Cl)c(C=O)c2c1OCCO2. The van der Waals surface area contributed by atoms with E-state index in [-0.39, 0.29) is 28.7 Å². The van der Waals surface area contributed by atoms with Crippen LogP contribution in [0.1, 0.15) is 20.7 Å². The van der Waals surface area contributed by atoms with Crippen LogP contribution in [0.4, 0.5) is 0 Å². The molecule has 0 radical (unpaired) electrons. The van der Waals surface area contributed by atoms with Crippen LogP contribution in [0.5, 0.6) is 11.5 Å². The van der Waals surface area contributed by atoms with Gasteiger partial charge in [0.05, 0.1) is 22.7 Å². The summed E-state index contributed by atoms with van der Waals surface area (Å²) in [6.45, 7) is 0.827. The monoisotopic (exact) mass is 269 g/mol. The number of halogens is 1. The van der Waals surface area contributed by atoms with E-state index in [9.17, 15) is 9.59 Å². The Balaban J connectivity index is 2.57. The van der Waals surface area contributed by atoms with Crippen molar-refractivity contribution < 1.29 is 19.1 Å². The summed E-state index contributed by atoms with van der Waals surface area (Å²) in [4.78, 5) is 22.9. The molecule has 6 heteroatoms. The Kier molecular flexibility index (Phi) is 3.84. The number of rotatable bonds is 4. The molecular formula is C12H12ClNO4. The summed E-state index contributed by atoms with van der Waals surface area (Å²) in [5.41, 5.74) is 0.544. The van der Waals surface area contributed by atoms with Gasteiger partial charge in [0.2, 0.25) is 0 Å². The number of ether oxygens (including phenoxy) is 2. The third-order valence-electron chi connectivity index (χ3n) is 2.56. The molecule has 0 atom stereocenters. The second kappa shape index (κ2) is 5.37. The van der Waals surface area contributed by atoms with Gasteiger partial charge in [-0.3, -0.25) is 9.59 Å². The van der Waals surface area contributed by atoms with Crippen molar-refractivity contribution in [1.82, 2.24) is 5.32 Å². The van der Waals surface area contributed by atoms with Gasteiger partial charge in [0.15, 0.2) is 23.6 Å². The van der Waals surface area contributed by atoms with Gasteiger partial charge >= 0.3 is 0 Å². The maximum atomic E-state index is 11.9. The fourth-order valence-electron chi connectivity index (χ4n) is 1.77. The lowest BCUT2D eigenvalue weighted by molar-refractivity contribution is 0.0979. The Morgan fingerprint density at radius 1 is 1.44 bits per heavy atom. The van der Waals surface area contributed by atoms with Gasteiger partial charge in [-0.25, -0.2) is 0 Å².